The van der Waals surface area contributed by atoms with Crippen LogP contribution in [-0.2, 0) is 0 Å². The standard InChI is InChI=1S/C36H36F3N5O3/c1-3-25-28(38)9-6-20-12-24(45)13-26(30(20)25)27-14-29(46-4-2)31-33(32(27)39)41-35(42-34(31)43-17-22-7-8-23(18-43)40-22)47-19-36-10-5-11-44(36)16-21(37)15-36/h1,6,9,12-14,21-23,40,45H,4-5,7-8,10-11,15-19H2,2H3/t21-,22-,23+,36+/m1/s1. The summed E-state index contributed by atoms with van der Waals surface area (Å²) in [4.78, 5) is 13.8. The number of benzene rings is 3. The molecule has 0 aliphatic carbocycles. The molecule has 11 heteroatoms. The average Bonchev–Trinajstić information content (AvgIpc) is 3.71. The Morgan fingerprint density at radius 2 is 1.87 bits per heavy atom. The number of halogens is 3. The van der Waals surface area contributed by atoms with E-state index in [0.717, 1.165) is 32.2 Å². The van der Waals surface area contributed by atoms with Gasteiger partial charge in [0, 0.05) is 49.1 Å². The molecule has 4 aliphatic heterocycles. The number of aromatic hydroxyl groups is 1. The van der Waals surface area contributed by atoms with Crippen LogP contribution in [0.25, 0.3) is 32.8 Å². The van der Waals surface area contributed by atoms with Gasteiger partial charge in [-0.15, -0.1) is 6.42 Å². The normalized spacial score (nSPS) is 25.4. The zero-order valence-corrected chi connectivity index (χ0v) is 26.2. The number of anilines is 1. The summed E-state index contributed by atoms with van der Waals surface area (Å²) in [6.45, 7) is 4.82. The van der Waals surface area contributed by atoms with Crippen molar-refractivity contribution in [1.82, 2.24) is 20.2 Å². The van der Waals surface area contributed by atoms with Crippen LogP contribution in [0.3, 0.4) is 0 Å². The van der Waals surface area contributed by atoms with E-state index < -0.39 is 23.3 Å². The van der Waals surface area contributed by atoms with Gasteiger partial charge in [-0.3, -0.25) is 4.90 Å². The van der Waals surface area contributed by atoms with Gasteiger partial charge in [0.2, 0.25) is 0 Å². The predicted molar refractivity (Wildman–Crippen MR) is 174 cm³/mol. The second-order valence-corrected chi connectivity index (χ2v) is 13.3. The number of hydrogen-bond acceptors (Lipinski definition) is 8. The summed E-state index contributed by atoms with van der Waals surface area (Å²) in [7, 11) is 0. The first-order chi connectivity index (χ1) is 22.8. The van der Waals surface area contributed by atoms with Gasteiger partial charge in [-0.25, -0.2) is 13.2 Å². The van der Waals surface area contributed by atoms with Crippen LogP contribution in [0, 0.1) is 24.0 Å². The van der Waals surface area contributed by atoms with Crippen molar-refractivity contribution in [2.45, 2.75) is 62.8 Å². The first kappa shape index (κ1) is 30.1. The molecule has 0 unspecified atom stereocenters. The lowest BCUT2D eigenvalue weighted by molar-refractivity contribution is 0.107. The second-order valence-electron chi connectivity index (χ2n) is 13.3. The monoisotopic (exact) mass is 643 g/mol. The van der Waals surface area contributed by atoms with Crippen LogP contribution in [0.1, 0.15) is 44.6 Å². The zero-order valence-electron chi connectivity index (χ0n) is 26.2. The van der Waals surface area contributed by atoms with E-state index in [1.54, 1.807) is 6.07 Å². The number of nitrogens with one attached hydrogen (secondary N) is 1. The van der Waals surface area contributed by atoms with Crippen molar-refractivity contribution in [1.29, 1.82) is 0 Å². The quantitative estimate of drug-likeness (QED) is 0.248. The van der Waals surface area contributed by atoms with Crippen LogP contribution in [0.2, 0.25) is 0 Å². The Kier molecular flexibility index (Phi) is 7.33. The molecule has 0 saturated carbocycles. The number of rotatable bonds is 7. The van der Waals surface area contributed by atoms with Crippen LogP contribution in [0.5, 0.6) is 17.5 Å². The number of aromatic nitrogens is 2. The fourth-order valence-electron chi connectivity index (χ4n) is 8.36. The van der Waals surface area contributed by atoms with Crippen LogP contribution in [0.15, 0.2) is 30.3 Å². The predicted octanol–water partition coefficient (Wildman–Crippen LogP) is 5.71. The number of nitrogens with zero attached hydrogens (tertiary/aromatic N) is 4. The third-order valence-electron chi connectivity index (χ3n) is 10.4. The highest BCUT2D eigenvalue weighted by Crippen LogP contribution is 2.45. The molecule has 8 nitrogen and oxygen atoms in total. The smallest absolute Gasteiger partial charge is 0.319 e. The number of phenolic OH excluding ortho intramolecular Hbond substituents is 1. The second kappa shape index (κ2) is 11.5. The summed E-state index contributed by atoms with van der Waals surface area (Å²) in [5.41, 5.74) is -0.268. The fourth-order valence-corrected chi connectivity index (χ4v) is 8.36. The average molecular weight is 644 g/mol. The van der Waals surface area contributed by atoms with Crippen molar-refractivity contribution in [3.63, 3.8) is 0 Å². The molecule has 3 aromatic carbocycles. The minimum atomic E-state index is -0.924. The molecule has 0 spiro atoms. The van der Waals surface area contributed by atoms with E-state index in [0.29, 0.717) is 48.4 Å². The molecule has 4 aliphatic rings. The number of piperazine rings is 1. The molecule has 2 N–H and O–H groups in total. The van der Waals surface area contributed by atoms with Crippen molar-refractivity contribution >= 4 is 27.5 Å². The minimum absolute atomic E-state index is 0.00321. The van der Waals surface area contributed by atoms with Gasteiger partial charge >= 0.3 is 6.01 Å². The molecule has 1 aromatic heterocycles. The number of fused-ring (bicyclic) bond motifs is 5. The van der Waals surface area contributed by atoms with Crippen LogP contribution < -0.4 is 19.7 Å². The highest BCUT2D eigenvalue weighted by atomic mass is 19.1. The van der Waals surface area contributed by atoms with E-state index in [2.05, 4.69) is 26.0 Å². The maximum atomic E-state index is 17.2. The van der Waals surface area contributed by atoms with E-state index in [1.165, 1.54) is 24.3 Å². The van der Waals surface area contributed by atoms with E-state index in [4.69, 9.17) is 20.9 Å². The number of terminal acetylenes is 1. The third kappa shape index (κ3) is 5.00. The summed E-state index contributed by atoms with van der Waals surface area (Å²) in [6.07, 6.45) is 9.02. The summed E-state index contributed by atoms with van der Waals surface area (Å²) in [5.74, 6) is 1.78. The summed E-state index contributed by atoms with van der Waals surface area (Å²) in [5, 5.41) is 15.5. The van der Waals surface area contributed by atoms with Crippen molar-refractivity contribution in [3.8, 4) is 41.0 Å². The van der Waals surface area contributed by atoms with Gasteiger partial charge in [-0.1, -0.05) is 12.0 Å². The lowest BCUT2D eigenvalue weighted by Gasteiger charge is -2.35. The maximum Gasteiger partial charge on any atom is 0.319 e. The van der Waals surface area contributed by atoms with Gasteiger partial charge < -0.3 is 24.8 Å². The zero-order chi connectivity index (χ0) is 32.4. The fraction of sp³-hybridized carbons (Fsp3) is 0.444. The van der Waals surface area contributed by atoms with Crippen LogP contribution in [0.4, 0.5) is 19.0 Å². The van der Waals surface area contributed by atoms with E-state index in [1.807, 2.05) is 6.92 Å². The van der Waals surface area contributed by atoms with Gasteiger partial charge in [-0.2, -0.15) is 9.97 Å². The van der Waals surface area contributed by atoms with Gasteiger partial charge in [0.1, 0.15) is 41.4 Å². The molecule has 244 valence electrons. The Bertz CT molecular complexity index is 1940. The Hall–Kier alpha value is -4.27. The molecule has 5 heterocycles. The topological polar surface area (TPSA) is 83.0 Å². The third-order valence-corrected chi connectivity index (χ3v) is 10.4. The van der Waals surface area contributed by atoms with Gasteiger partial charge in [0.25, 0.3) is 0 Å². The lowest BCUT2D eigenvalue weighted by atomic mass is 9.92. The Balaban J connectivity index is 1.33. The maximum absolute atomic E-state index is 17.2. The molecular weight excluding hydrogens is 607 g/mol. The molecule has 0 radical (unpaired) electrons. The molecule has 4 atom stereocenters. The number of alkyl halides is 1. The van der Waals surface area contributed by atoms with E-state index in [-0.39, 0.29) is 64.7 Å². The highest BCUT2D eigenvalue weighted by molar-refractivity contribution is 6.05. The number of hydrogen-bond donors (Lipinski definition) is 2. The van der Waals surface area contributed by atoms with Crippen molar-refractivity contribution in [3.05, 3.63) is 47.5 Å². The summed E-state index contributed by atoms with van der Waals surface area (Å²) >= 11 is 0. The van der Waals surface area contributed by atoms with Crippen LogP contribution in [-0.4, -0.2) is 83.2 Å². The van der Waals surface area contributed by atoms with E-state index >= 15 is 4.39 Å². The number of ether oxygens (including phenoxy) is 2. The van der Waals surface area contributed by atoms with Gasteiger partial charge in [0.05, 0.1) is 23.1 Å². The Morgan fingerprint density at radius 1 is 1.06 bits per heavy atom. The Morgan fingerprint density at radius 3 is 2.64 bits per heavy atom. The van der Waals surface area contributed by atoms with Crippen molar-refractivity contribution in [2.75, 3.05) is 44.3 Å². The molecular formula is C36H36F3N5O3. The minimum Gasteiger partial charge on any atom is -0.508 e. The molecule has 2 bridgehead atoms. The summed E-state index contributed by atoms with van der Waals surface area (Å²) < 4.78 is 59.1. The highest BCUT2D eigenvalue weighted by Gasteiger charge is 2.49. The first-order valence-corrected chi connectivity index (χ1v) is 16.4. The SMILES string of the molecule is C#Cc1c(F)ccc2cc(O)cc(-c3cc(OCC)c4c(N5C[C@H]6CC[C@@H](C5)N6)nc(OC[C@@]56CCCN5C[C@H](F)C6)nc4c3F)c12. The molecule has 4 aromatic rings. The van der Waals surface area contributed by atoms with Gasteiger partial charge in [-0.05, 0) is 74.4 Å². The molecule has 4 fully saturated rings. The van der Waals surface area contributed by atoms with Crippen molar-refractivity contribution in [2.24, 2.45) is 0 Å². The van der Waals surface area contributed by atoms with Crippen LogP contribution >= 0.6 is 0 Å². The molecule has 0 amide bonds. The molecule has 8 rings (SSSR count). The van der Waals surface area contributed by atoms with Gasteiger partial charge in [0.15, 0.2) is 5.82 Å². The largest absolute Gasteiger partial charge is 0.508 e. The molecule has 47 heavy (non-hydrogen) atoms. The first-order valence-electron chi connectivity index (χ1n) is 16.4. The van der Waals surface area contributed by atoms with E-state index in [9.17, 15) is 13.9 Å². The Labute approximate surface area is 270 Å². The molecule has 4 saturated heterocycles. The lowest BCUT2D eigenvalue weighted by Crippen LogP contribution is -2.51. The van der Waals surface area contributed by atoms with Crippen molar-refractivity contribution < 1.29 is 27.8 Å². The number of phenols is 1. The summed E-state index contributed by atoms with van der Waals surface area (Å²) in [6, 6.07) is 7.65.